The van der Waals surface area contributed by atoms with Gasteiger partial charge >= 0.3 is 0 Å². The number of aromatic amines is 1. The summed E-state index contributed by atoms with van der Waals surface area (Å²) in [6.45, 7) is 0. The van der Waals surface area contributed by atoms with Crippen LogP contribution < -0.4 is 5.32 Å². The second-order valence-corrected chi connectivity index (χ2v) is 5.97. The molecular weight excluding hydrogens is 302 g/mol. The van der Waals surface area contributed by atoms with Crippen molar-refractivity contribution in [3.63, 3.8) is 0 Å². The summed E-state index contributed by atoms with van der Waals surface area (Å²) in [4.78, 5) is 12.5. The Hall–Kier alpha value is -3.02. The molecule has 4 rings (SSSR count). The van der Waals surface area contributed by atoms with Crippen LogP contribution in [0, 0.1) is 0 Å². The quantitative estimate of drug-likeness (QED) is 0.774. The molecule has 0 fully saturated rings. The number of tetrazole rings is 1. The molecule has 1 atom stereocenters. The maximum absolute atomic E-state index is 12.5. The Bertz CT molecular complexity index is 859. The van der Waals surface area contributed by atoms with Crippen LogP contribution in [0.25, 0.3) is 11.4 Å². The van der Waals surface area contributed by atoms with E-state index in [0.29, 0.717) is 23.9 Å². The minimum absolute atomic E-state index is 0.00708. The Labute approximate surface area is 139 Å². The lowest BCUT2D eigenvalue weighted by Gasteiger charge is -2.13. The number of benzene rings is 2. The van der Waals surface area contributed by atoms with Crippen molar-refractivity contribution in [3.05, 3.63) is 59.7 Å². The van der Waals surface area contributed by atoms with Crippen LogP contribution in [-0.4, -0.2) is 26.5 Å². The summed E-state index contributed by atoms with van der Waals surface area (Å²) < 4.78 is 0. The van der Waals surface area contributed by atoms with E-state index in [2.05, 4.69) is 44.1 Å². The summed E-state index contributed by atoms with van der Waals surface area (Å²) in [6, 6.07) is 15.9. The van der Waals surface area contributed by atoms with Crippen molar-refractivity contribution in [3.8, 4) is 11.4 Å². The number of para-hydroxylation sites is 1. The zero-order chi connectivity index (χ0) is 16.4. The largest absolute Gasteiger partial charge is 0.325 e. The molecule has 0 spiro atoms. The molecule has 1 heterocycles. The van der Waals surface area contributed by atoms with Gasteiger partial charge in [-0.2, -0.15) is 5.21 Å². The predicted octanol–water partition coefficient (Wildman–Crippen LogP) is 2.93. The molecule has 0 bridgehead atoms. The van der Waals surface area contributed by atoms with Gasteiger partial charge in [0.2, 0.25) is 11.7 Å². The lowest BCUT2D eigenvalue weighted by Crippen LogP contribution is -2.15. The number of anilines is 1. The van der Waals surface area contributed by atoms with Gasteiger partial charge < -0.3 is 5.32 Å². The smallest absolute Gasteiger partial charge is 0.225 e. The molecule has 0 radical (unpaired) electrons. The van der Waals surface area contributed by atoms with E-state index in [4.69, 9.17) is 0 Å². The van der Waals surface area contributed by atoms with E-state index >= 15 is 0 Å². The number of rotatable bonds is 4. The zero-order valence-corrected chi connectivity index (χ0v) is 13.1. The highest BCUT2D eigenvalue weighted by Gasteiger charge is 2.24. The molecule has 24 heavy (non-hydrogen) atoms. The summed E-state index contributed by atoms with van der Waals surface area (Å²) in [5.41, 5.74) is 4.13. The van der Waals surface area contributed by atoms with Gasteiger partial charge in [-0.05, 0) is 47.2 Å². The van der Waals surface area contributed by atoms with Gasteiger partial charge in [0.1, 0.15) is 0 Å². The van der Waals surface area contributed by atoms with Gasteiger partial charge in [0.15, 0.2) is 0 Å². The minimum atomic E-state index is 0.00708. The van der Waals surface area contributed by atoms with Crippen molar-refractivity contribution < 1.29 is 4.79 Å². The molecule has 1 aliphatic carbocycles. The topological polar surface area (TPSA) is 83.6 Å². The standard InChI is InChI=1S/C18H17N5O/c24-17(11-13-10-9-12-5-1-2-6-14(12)13)19-16-8-4-3-7-15(16)18-20-22-23-21-18/h1-8,13H,9-11H2,(H,19,24)(H,20,21,22,23)/t13-/m0/s1. The lowest BCUT2D eigenvalue weighted by molar-refractivity contribution is -0.116. The number of carbonyl (C=O) groups excluding carboxylic acids is 1. The molecule has 6 heteroatoms. The molecule has 3 aromatic rings. The molecule has 0 saturated heterocycles. The van der Waals surface area contributed by atoms with Gasteiger partial charge in [-0.3, -0.25) is 4.79 Å². The maximum atomic E-state index is 12.5. The second-order valence-electron chi connectivity index (χ2n) is 5.97. The van der Waals surface area contributed by atoms with E-state index in [-0.39, 0.29) is 5.91 Å². The number of fused-ring (bicyclic) bond motifs is 1. The Morgan fingerprint density at radius 3 is 2.88 bits per heavy atom. The molecule has 0 unspecified atom stereocenters. The first-order valence-corrected chi connectivity index (χ1v) is 8.02. The molecule has 1 aliphatic rings. The fourth-order valence-electron chi connectivity index (χ4n) is 3.35. The zero-order valence-electron chi connectivity index (χ0n) is 13.1. The highest BCUT2D eigenvalue weighted by Crippen LogP contribution is 2.35. The van der Waals surface area contributed by atoms with Gasteiger partial charge in [0, 0.05) is 12.0 Å². The first-order chi connectivity index (χ1) is 11.8. The average molecular weight is 319 g/mol. The second kappa shape index (κ2) is 6.23. The number of carbonyl (C=O) groups is 1. The Balaban J connectivity index is 1.50. The fourth-order valence-corrected chi connectivity index (χ4v) is 3.35. The van der Waals surface area contributed by atoms with Crippen molar-refractivity contribution >= 4 is 11.6 Å². The molecule has 6 nitrogen and oxygen atoms in total. The van der Waals surface area contributed by atoms with Gasteiger partial charge in [0.05, 0.1) is 5.69 Å². The molecule has 2 N–H and O–H groups in total. The molecule has 2 aromatic carbocycles. The van der Waals surface area contributed by atoms with Crippen molar-refractivity contribution in [2.24, 2.45) is 0 Å². The summed E-state index contributed by atoms with van der Waals surface area (Å²) in [5.74, 6) is 0.767. The summed E-state index contributed by atoms with van der Waals surface area (Å²) in [7, 11) is 0. The fraction of sp³-hybridized carbons (Fsp3) is 0.222. The molecule has 120 valence electrons. The van der Waals surface area contributed by atoms with E-state index in [1.807, 2.05) is 30.3 Å². The lowest BCUT2D eigenvalue weighted by atomic mass is 9.97. The van der Waals surface area contributed by atoms with Gasteiger partial charge in [-0.15, -0.1) is 10.2 Å². The van der Waals surface area contributed by atoms with Crippen LogP contribution in [0.15, 0.2) is 48.5 Å². The highest BCUT2D eigenvalue weighted by molar-refractivity contribution is 5.95. The molecule has 1 amide bonds. The first-order valence-electron chi connectivity index (χ1n) is 8.02. The Morgan fingerprint density at radius 1 is 1.17 bits per heavy atom. The van der Waals surface area contributed by atoms with Gasteiger partial charge in [-0.25, -0.2) is 0 Å². The minimum Gasteiger partial charge on any atom is -0.325 e. The van der Waals surface area contributed by atoms with Crippen LogP contribution in [0.5, 0.6) is 0 Å². The number of nitrogens with zero attached hydrogens (tertiary/aromatic N) is 3. The molecule has 0 aliphatic heterocycles. The number of H-pyrrole nitrogens is 1. The van der Waals surface area contributed by atoms with E-state index < -0.39 is 0 Å². The van der Waals surface area contributed by atoms with E-state index in [9.17, 15) is 4.79 Å². The van der Waals surface area contributed by atoms with Crippen molar-refractivity contribution in [2.75, 3.05) is 5.32 Å². The monoisotopic (exact) mass is 319 g/mol. The van der Waals surface area contributed by atoms with Crippen LogP contribution >= 0.6 is 0 Å². The van der Waals surface area contributed by atoms with Gasteiger partial charge in [0.25, 0.3) is 0 Å². The number of nitrogens with one attached hydrogen (secondary N) is 2. The first kappa shape index (κ1) is 14.6. The van der Waals surface area contributed by atoms with E-state index in [1.165, 1.54) is 11.1 Å². The highest BCUT2D eigenvalue weighted by atomic mass is 16.1. The Morgan fingerprint density at radius 2 is 2.00 bits per heavy atom. The predicted molar refractivity (Wildman–Crippen MR) is 90.4 cm³/mol. The molecular formula is C18H17N5O. The van der Waals surface area contributed by atoms with E-state index in [1.54, 1.807) is 0 Å². The Kier molecular flexibility index (Phi) is 3.78. The maximum Gasteiger partial charge on any atom is 0.225 e. The van der Waals surface area contributed by atoms with Crippen LogP contribution in [0.2, 0.25) is 0 Å². The van der Waals surface area contributed by atoms with Gasteiger partial charge in [-0.1, -0.05) is 36.4 Å². The van der Waals surface area contributed by atoms with E-state index in [0.717, 1.165) is 18.4 Å². The van der Waals surface area contributed by atoms with Crippen LogP contribution in [0.3, 0.4) is 0 Å². The van der Waals surface area contributed by atoms with Crippen LogP contribution in [0.1, 0.15) is 29.9 Å². The molecule has 1 aromatic heterocycles. The van der Waals surface area contributed by atoms with Crippen molar-refractivity contribution in [2.45, 2.75) is 25.2 Å². The number of hydrogen-bond donors (Lipinski definition) is 2. The van der Waals surface area contributed by atoms with Crippen LogP contribution in [-0.2, 0) is 11.2 Å². The average Bonchev–Trinajstić information content (AvgIpc) is 3.26. The number of amides is 1. The third-order valence-corrected chi connectivity index (χ3v) is 4.48. The number of hydrogen-bond acceptors (Lipinski definition) is 4. The summed E-state index contributed by atoms with van der Waals surface area (Å²) >= 11 is 0. The normalized spacial score (nSPS) is 15.9. The third-order valence-electron chi connectivity index (χ3n) is 4.48. The number of aryl methyl sites for hydroxylation is 1. The third kappa shape index (κ3) is 2.78. The molecule has 0 saturated carbocycles. The summed E-state index contributed by atoms with van der Waals surface area (Å²) in [5, 5.41) is 17.0. The van der Waals surface area contributed by atoms with Crippen molar-refractivity contribution in [1.82, 2.24) is 20.6 Å². The summed E-state index contributed by atoms with van der Waals surface area (Å²) in [6.07, 6.45) is 2.56. The number of aromatic nitrogens is 4. The SMILES string of the molecule is O=C(C[C@@H]1CCc2ccccc21)Nc1ccccc1-c1nn[nH]n1. The van der Waals surface area contributed by atoms with Crippen molar-refractivity contribution in [1.29, 1.82) is 0 Å². The van der Waals surface area contributed by atoms with Crippen LogP contribution in [0.4, 0.5) is 5.69 Å².